The Morgan fingerprint density at radius 3 is 2.19 bits per heavy atom. The summed E-state index contributed by atoms with van der Waals surface area (Å²) in [7, 11) is 0. The lowest BCUT2D eigenvalue weighted by atomic mass is 10.1. The molecule has 0 aliphatic rings. The topological polar surface area (TPSA) is 52.4 Å². The van der Waals surface area contributed by atoms with Gasteiger partial charge in [-0.3, -0.25) is 10.1 Å². The third kappa shape index (κ3) is 3.59. The second-order valence-electron chi connectivity index (χ2n) is 4.27. The Morgan fingerprint density at radius 2 is 1.62 bits per heavy atom. The zero-order valence-corrected chi connectivity index (χ0v) is 13.1. The van der Waals surface area contributed by atoms with Gasteiger partial charge in [-0.05, 0) is 31.2 Å². The maximum Gasteiger partial charge on any atom is 0.269 e. The van der Waals surface area contributed by atoms with Crippen LogP contribution < -0.4 is 4.74 Å². The number of benzene rings is 2. The Hall–Kier alpha value is -1.49. The molecule has 2 aromatic carbocycles. The maximum absolute atomic E-state index is 10.6. The highest BCUT2D eigenvalue weighted by Crippen LogP contribution is 2.37. The fraction of sp³-hybridized carbons (Fsp3) is 0.143. The maximum atomic E-state index is 10.6. The van der Waals surface area contributed by atoms with E-state index >= 15 is 0 Å². The fourth-order valence-electron chi connectivity index (χ4n) is 1.82. The molecule has 0 amide bonds. The van der Waals surface area contributed by atoms with Crippen LogP contribution in [0.2, 0.25) is 15.1 Å². The molecule has 2 aromatic rings. The molecule has 0 heterocycles. The minimum Gasteiger partial charge on any atom is -0.486 e. The summed E-state index contributed by atoms with van der Waals surface area (Å²) in [5, 5.41) is 11.8. The van der Waals surface area contributed by atoms with E-state index in [0.29, 0.717) is 26.4 Å². The van der Waals surface area contributed by atoms with Gasteiger partial charge in [-0.2, -0.15) is 0 Å². The number of hydrogen-bond acceptors (Lipinski definition) is 3. The van der Waals surface area contributed by atoms with E-state index in [9.17, 15) is 10.1 Å². The molecule has 0 spiro atoms. The van der Waals surface area contributed by atoms with Crippen molar-refractivity contribution in [2.24, 2.45) is 0 Å². The van der Waals surface area contributed by atoms with Gasteiger partial charge in [-0.25, -0.2) is 0 Å². The van der Waals surface area contributed by atoms with Crippen LogP contribution in [-0.2, 0) is 0 Å². The Bertz CT molecular complexity index is 674. The zero-order valence-electron chi connectivity index (χ0n) is 10.8. The summed E-state index contributed by atoms with van der Waals surface area (Å²) >= 11 is 18.2. The lowest BCUT2D eigenvalue weighted by molar-refractivity contribution is -0.384. The lowest BCUT2D eigenvalue weighted by Crippen LogP contribution is -2.05. The molecule has 110 valence electrons. The fourth-order valence-corrected chi connectivity index (χ4v) is 2.67. The van der Waals surface area contributed by atoms with E-state index in [1.807, 2.05) is 0 Å². The molecule has 0 fully saturated rings. The van der Waals surface area contributed by atoms with Crippen molar-refractivity contribution in [3.63, 3.8) is 0 Å². The van der Waals surface area contributed by atoms with E-state index in [-0.39, 0.29) is 5.69 Å². The van der Waals surface area contributed by atoms with Crippen molar-refractivity contribution in [1.29, 1.82) is 0 Å². The summed E-state index contributed by atoms with van der Waals surface area (Å²) in [6.07, 6.45) is -0.454. The molecule has 1 atom stereocenters. The number of nitro groups is 1. The van der Waals surface area contributed by atoms with Crippen LogP contribution in [0.25, 0.3) is 0 Å². The average Bonchev–Trinajstić information content (AvgIpc) is 2.44. The molecule has 0 aromatic heterocycles. The molecule has 2 rings (SSSR count). The highest BCUT2D eigenvalue weighted by Gasteiger charge is 2.18. The number of nitro benzene ring substituents is 1. The first-order chi connectivity index (χ1) is 9.90. The highest BCUT2D eigenvalue weighted by atomic mass is 35.5. The first kappa shape index (κ1) is 15.9. The summed E-state index contributed by atoms with van der Waals surface area (Å²) in [4.78, 5) is 10.1. The van der Waals surface area contributed by atoms with Crippen LogP contribution in [0.5, 0.6) is 5.75 Å². The van der Waals surface area contributed by atoms with Gasteiger partial charge in [0.15, 0.2) is 0 Å². The summed E-state index contributed by atoms with van der Waals surface area (Å²) in [6, 6.07) is 9.00. The molecule has 0 saturated heterocycles. The number of rotatable bonds is 4. The molecular weight excluding hydrogens is 337 g/mol. The Kier molecular flexibility index (Phi) is 4.93. The zero-order chi connectivity index (χ0) is 15.6. The summed E-state index contributed by atoms with van der Waals surface area (Å²) < 4.78 is 5.70. The third-order valence-electron chi connectivity index (χ3n) is 2.85. The molecule has 21 heavy (non-hydrogen) atoms. The van der Waals surface area contributed by atoms with Crippen molar-refractivity contribution in [3.8, 4) is 5.75 Å². The van der Waals surface area contributed by atoms with Crippen molar-refractivity contribution in [3.05, 3.63) is 67.1 Å². The highest BCUT2D eigenvalue weighted by molar-refractivity contribution is 6.44. The number of non-ortho nitro benzene ring substituents is 1. The quantitative estimate of drug-likeness (QED) is 0.405. The molecule has 7 heteroatoms. The van der Waals surface area contributed by atoms with Crippen LogP contribution in [0.15, 0.2) is 36.4 Å². The minimum absolute atomic E-state index is 0.00572. The summed E-state index contributed by atoms with van der Waals surface area (Å²) in [5.74, 6) is 0.472. The van der Waals surface area contributed by atoms with Crippen LogP contribution in [-0.4, -0.2) is 4.92 Å². The number of halogens is 3. The number of hydrogen-bond donors (Lipinski definition) is 0. The first-order valence-electron chi connectivity index (χ1n) is 5.94. The van der Waals surface area contributed by atoms with Crippen molar-refractivity contribution >= 4 is 40.5 Å². The first-order valence-corrected chi connectivity index (χ1v) is 7.08. The van der Waals surface area contributed by atoms with Crippen molar-refractivity contribution in [1.82, 2.24) is 0 Å². The van der Waals surface area contributed by atoms with Gasteiger partial charge in [0.05, 0.1) is 15.0 Å². The number of nitrogens with zero attached hydrogens (tertiary/aromatic N) is 1. The van der Waals surface area contributed by atoms with Crippen LogP contribution in [0.4, 0.5) is 5.69 Å². The molecule has 0 aliphatic heterocycles. The van der Waals surface area contributed by atoms with Crippen molar-refractivity contribution < 1.29 is 9.66 Å². The smallest absolute Gasteiger partial charge is 0.269 e. The minimum atomic E-state index is -0.474. The Balaban J connectivity index is 2.24. The average molecular weight is 347 g/mol. The van der Waals surface area contributed by atoms with Gasteiger partial charge in [0.25, 0.3) is 5.69 Å². The van der Waals surface area contributed by atoms with E-state index in [0.717, 1.165) is 0 Å². The van der Waals surface area contributed by atoms with Gasteiger partial charge in [0, 0.05) is 22.7 Å². The van der Waals surface area contributed by atoms with Gasteiger partial charge in [0.2, 0.25) is 0 Å². The lowest BCUT2D eigenvalue weighted by Gasteiger charge is -2.18. The molecule has 1 unspecified atom stereocenters. The van der Waals surface area contributed by atoms with Crippen LogP contribution >= 0.6 is 34.8 Å². The monoisotopic (exact) mass is 345 g/mol. The molecule has 0 bridgehead atoms. The van der Waals surface area contributed by atoms with Crippen LogP contribution in [0.1, 0.15) is 18.6 Å². The van der Waals surface area contributed by atoms with Crippen LogP contribution in [0, 0.1) is 10.1 Å². The van der Waals surface area contributed by atoms with Gasteiger partial charge >= 0.3 is 0 Å². The Labute approximate surface area is 136 Å². The van der Waals surface area contributed by atoms with E-state index < -0.39 is 11.0 Å². The Morgan fingerprint density at radius 1 is 1.05 bits per heavy atom. The van der Waals surface area contributed by atoms with Crippen LogP contribution in [0.3, 0.4) is 0 Å². The molecular formula is C14H10Cl3NO3. The van der Waals surface area contributed by atoms with Gasteiger partial charge in [0.1, 0.15) is 11.9 Å². The van der Waals surface area contributed by atoms with Gasteiger partial charge < -0.3 is 4.74 Å². The molecule has 0 N–H and O–H groups in total. The molecule has 0 radical (unpaired) electrons. The second kappa shape index (κ2) is 6.52. The van der Waals surface area contributed by atoms with E-state index in [2.05, 4.69) is 0 Å². The summed E-state index contributed by atoms with van der Waals surface area (Å²) in [5.41, 5.74) is 0.568. The predicted molar refractivity (Wildman–Crippen MR) is 83.6 cm³/mol. The normalized spacial score (nSPS) is 12.0. The standard InChI is InChI=1S/C14H10Cl3NO3/c1-8(13-11(15)6-7-12(16)14(13)17)21-10-4-2-9(3-5-10)18(19)20/h2-8H,1H3. The largest absolute Gasteiger partial charge is 0.486 e. The van der Waals surface area contributed by atoms with E-state index in [1.165, 1.54) is 24.3 Å². The SMILES string of the molecule is CC(Oc1ccc([N+](=O)[O-])cc1)c1c(Cl)ccc(Cl)c1Cl. The molecule has 4 nitrogen and oxygen atoms in total. The molecule has 0 saturated carbocycles. The van der Waals surface area contributed by atoms with E-state index in [1.54, 1.807) is 19.1 Å². The number of ether oxygens (including phenoxy) is 1. The van der Waals surface area contributed by atoms with Crippen molar-refractivity contribution in [2.75, 3.05) is 0 Å². The summed E-state index contributed by atoms with van der Waals surface area (Å²) in [6.45, 7) is 1.77. The van der Waals surface area contributed by atoms with Crippen molar-refractivity contribution in [2.45, 2.75) is 13.0 Å². The third-order valence-corrected chi connectivity index (χ3v) is 3.99. The molecule has 0 aliphatic carbocycles. The van der Waals surface area contributed by atoms with Gasteiger partial charge in [-0.1, -0.05) is 34.8 Å². The van der Waals surface area contributed by atoms with E-state index in [4.69, 9.17) is 39.5 Å². The van der Waals surface area contributed by atoms with Gasteiger partial charge in [-0.15, -0.1) is 0 Å². The second-order valence-corrected chi connectivity index (χ2v) is 5.46. The predicted octanol–water partition coefficient (Wildman–Crippen LogP) is 5.70.